The van der Waals surface area contributed by atoms with E-state index >= 15 is 0 Å². The van der Waals surface area contributed by atoms with Gasteiger partial charge in [-0.3, -0.25) is 0 Å². The van der Waals surface area contributed by atoms with E-state index in [0.29, 0.717) is 0 Å². The molecular formula is C5H6F2S2. The number of hydrogen-bond acceptors (Lipinski definition) is 2. The van der Waals surface area contributed by atoms with Crippen molar-refractivity contribution in [2.45, 2.75) is 6.43 Å². The van der Waals surface area contributed by atoms with E-state index in [1.54, 1.807) is 5.41 Å². The van der Waals surface area contributed by atoms with Crippen LogP contribution in [0.25, 0.3) is 0 Å². The Hall–Kier alpha value is 0.300. The largest absolute Gasteiger partial charge is 0.270 e. The summed E-state index contributed by atoms with van der Waals surface area (Å²) in [5.41, 5.74) is 0. The zero-order valence-corrected chi connectivity index (χ0v) is 6.27. The highest BCUT2D eigenvalue weighted by Gasteiger charge is 2.13. The van der Waals surface area contributed by atoms with Gasteiger partial charge in [0.25, 0.3) is 6.43 Å². The summed E-state index contributed by atoms with van der Waals surface area (Å²) in [5, 5.41) is 1.55. The molecule has 9 heavy (non-hydrogen) atoms. The first-order chi connectivity index (χ1) is 4.30. The lowest BCUT2D eigenvalue weighted by Gasteiger charge is -2.09. The van der Waals surface area contributed by atoms with Gasteiger partial charge in [0.2, 0.25) is 0 Å². The molecule has 0 spiro atoms. The van der Waals surface area contributed by atoms with Gasteiger partial charge in [-0.25, -0.2) is 8.78 Å². The second kappa shape index (κ2) is 3.46. The molecule has 0 saturated heterocycles. The second-order valence-corrected chi connectivity index (χ2v) is 3.69. The number of alkyl halides is 2. The van der Waals surface area contributed by atoms with Crippen LogP contribution < -0.4 is 0 Å². The number of allylic oxidation sites excluding steroid dienone is 1. The van der Waals surface area contributed by atoms with Crippen LogP contribution in [0.5, 0.6) is 0 Å². The molecule has 0 bridgehead atoms. The van der Waals surface area contributed by atoms with E-state index in [2.05, 4.69) is 0 Å². The van der Waals surface area contributed by atoms with Crippen molar-refractivity contribution in [3.63, 3.8) is 0 Å². The zero-order chi connectivity index (χ0) is 6.69. The van der Waals surface area contributed by atoms with E-state index in [1.807, 2.05) is 0 Å². The van der Waals surface area contributed by atoms with Crippen LogP contribution in [0.3, 0.4) is 0 Å². The van der Waals surface area contributed by atoms with E-state index < -0.39 is 6.43 Å². The van der Waals surface area contributed by atoms with Gasteiger partial charge in [-0.15, -0.1) is 23.5 Å². The van der Waals surface area contributed by atoms with Gasteiger partial charge >= 0.3 is 0 Å². The van der Waals surface area contributed by atoms with Gasteiger partial charge in [-0.2, -0.15) is 0 Å². The molecule has 0 nitrogen and oxygen atoms in total. The third-order valence-corrected chi connectivity index (χ3v) is 3.19. The SMILES string of the molecule is FC(F)C1=CSCCS1. The molecule has 1 aliphatic heterocycles. The monoisotopic (exact) mass is 168 g/mol. The van der Waals surface area contributed by atoms with Crippen molar-refractivity contribution in [2.75, 3.05) is 11.5 Å². The Morgan fingerprint density at radius 1 is 1.44 bits per heavy atom. The Labute approximate surface area is 61.1 Å². The van der Waals surface area contributed by atoms with Gasteiger partial charge in [-0.05, 0) is 5.41 Å². The van der Waals surface area contributed by atoms with Crippen LogP contribution in [0, 0.1) is 0 Å². The number of halogens is 2. The van der Waals surface area contributed by atoms with Crippen molar-refractivity contribution in [3.05, 3.63) is 10.3 Å². The Balaban J connectivity index is 2.46. The summed E-state index contributed by atoms with van der Waals surface area (Å²) in [7, 11) is 0. The van der Waals surface area contributed by atoms with Gasteiger partial charge < -0.3 is 0 Å². The minimum atomic E-state index is -2.26. The molecule has 0 amide bonds. The first-order valence-electron chi connectivity index (χ1n) is 2.53. The molecule has 0 atom stereocenters. The van der Waals surface area contributed by atoms with Crippen molar-refractivity contribution < 1.29 is 8.78 Å². The molecule has 0 radical (unpaired) electrons. The molecule has 4 heteroatoms. The van der Waals surface area contributed by atoms with E-state index in [0.717, 1.165) is 11.5 Å². The smallest absolute Gasteiger partial charge is 0.204 e. The van der Waals surface area contributed by atoms with Crippen LogP contribution in [0.2, 0.25) is 0 Å². The molecular weight excluding hydrogens is 162 g/mol. The Morgan fingerprint density at radius 2 is 2.22 bits per heavy atom. The number of rotatable bonds is 1. The zero-order valence-electron chi connectivity index (χ0n) is 4.64. The molecule has 0 aliphatic carbocycles. The molecule has 0 aromatic heterocycles. The molecule has 0 aromatic carbocycles. The van der Waals surface area contributed by atoms with Gasteiger partial charge in [0, 0.05) is 11.5 Å². The Kier molecular flexibility index (Phi) is 2.85. The average Bonchev–Trinajstić information content (AvgIpc) is 1.90. The summed E-state index contributed by atoms with van der Waals surface area (Å²) in [5.74, 6) is 1.78. The highest BCUT2D eigenvalue weighted by atomic mass is 32.2. The van der Waals surface area contributed by atoms with Gasteiger partial charge in [0.1, 0.15) is 0 Å². The maximum Gasteiger partial charge on any atom is 0.270 e. The standard InChI is InChI=1S/C5H6F2S2/c6-5(7)4-3-8-1-2-9-4/h3,5H,1-2H2. The van der Waals surface area contributed by atoms with Crippen LogP contribution in [-0.4, -0.2) is 17.9 Å². The molecule has 1 heterocycles. The third-order valence-electron chi connectivity index (χ3n) is 0.884. The fraction of sp³-hybridized carbons (Fsp3) is 0.600. The lowest BCUT2D eigenvalue weighted by Crippen LogP contribution is -1.98. The Morgan fingerprint density at radius 3 is 2.56 bits per heavy atom. The summed E-state index contributed by atoms with van der Waals surface area (Å²) in [6, 6.07) is 0. The minimum Gasteiger partial charge on any atom is -0.204 e. The van der Waals surface area contributed by atoms with Crippen LogP contribution in [0.4, 0.5) is 8.78 Å². The fourth-order valence-corrected chi connectivity index (χ4v) is 2.44. The first-order valence-corrected chi connectivity index (χ1v) is 4.57. The maximum atomic E-state index is 11.8. The topological polar surface area (TPSA) is 0 Å². The first kappa shape index (κ1) is 7.41. The normalized spacial score (nSPS) is 20.1. The van der Waals surface area contributed by atoms with Crippen molar-refractivity contribution in [1.29, 1.82) is 0 Å². The second-order valence-electron chi connectivity index (χ2n) is 1.54. The molecule has 0 unspecified atom stereocenters. The van der Waals surface area contributed by atoms with Crippen LogP contribution in [0.1, 0.15) is 0 Å². The van der Waals surface area contributed by atoms with E-state index in [-0.39, 0.29) is 4.91 Å². The van der Waals surface area contributed by atoms with Gasteiger partial charge in [0.15, 0.2) is 0 Å². The molecule has 0 fully saturated rings. The van der Waals surface area contributed by atoms with Crippen LogP contribution in [-0.2, 0) is 0 Å². The summed E-state index contributed by atoms with van der Waals surface area (Å²) < 4.78 is 23.6. The lowest BCUT2D eigenvalue weighted by atomic mass is 10.7. The maximum absolute atomic E-state index is 11.8. The summed E-state index contributed by atoms with van der Waals surface area (Å²) >= 11 is 2.73. The van der Waals surface area contributed by atoms with Crippen molar-refractivity contribution in [2.24, 2.45) is 0 Å². The van der Waals surface area contributed by atoms with Crippen LogP contribution >= 0.6 is 23.5 Å². The van der Waals surface area contributed by atoms with Crippen molar-refractivity contribution in [1.82, 2.24) is 0 Å². The molecule has 1 aliphatic rings. The van der Waals surface area contributed by atoms with Crippen molar-refractivity contribution in [3.8, 4) is 0 Å². The van der Waals surface area contributed by atoms with Gasteiger partial charge in [0.05, 0.1) is 4.91 Å². The molecule has 0 saturated carbocycles. The molecule has 1 rings (SSSR count). The van der Waals surface area contributed by atoms with E-state index in [9.17, 15) is 8.78 Å². The van der Waals surface area contributed by atoms with E-state index in [1.165, 1.54) is 23.5 Å². The molecule has 0 aromatic rings. The summed E-state index contributed by atoms with van der Waals surface area (Å²) in [6.45, 7) is 0. The fourth-order valence-electron chi connectivity index (χ4n) is 0.497. The highest BCUT2D eigenvalue weighted by molar-refractivity contribution is 8.09. The predicted molar refractivity (Wildman–Crippen MR) is 39.0 cm³/mol. The molecule has 0 N–H and O–H groups in total. The van der Waals surface area contributed by atoms with E-state index in [4.69, 9.17) is 0 Å². The summed E-state index contributed by atoms with van der Waals surface area (Å²) in [4.78, 5) is 0.228. The highest BCUT2D eigenvalue weighted by Crippen LogP contribution is 2.30. The Bertz CT molecular complexity index is 122. The average molecular weight is 168 g/mol. The number of hydrogen-bond donors (Lipinski definition) is 0. The number of thioether (sulfide) groups is 2. The van der Waals surface area contributed by atoms with Crippen LogP contribution in [0.15, 0.2) is 10.3 Å². The minimum absolute atomic E-state index is 0.228. The molecule has 52 valence electrons. The predicted octanol–water partition coefficient (Wildman–Crippen LogP) is 2.57. The van der Waals surface area contributed by atoms with Gasteiger partial charge in [-0.1, -0.05) is 0 Å². The quantitative estimate of drug-likeness (QED) is 0.590. The summed E-state index contributed by atoms with van der Waals surface area (Å²) in [6.07, 6.45) is -2.26. The third kappa shape index (κ3) is 2.18. The lowest BCUT2D eigenvalue weighted by molar-refractivity contribution is 0.200. The van der Waals surface area contributed by atoms with Crippen molar-refractivity contribution >= 4 is 23.5 Å².